The molecule has 1 unspecified atom stereocenters. The van der Waals surface area contributed by atoms with Gasteiger partial charge in [-0.25, -0.2) is 0 Å². The summed E-state index contributed by atoms with van der Waals surface area (Å²) in [5, 5.41) is 3.25. The van der Waals surface area contributed by atoms with E-state index in [0.717, 1.165) is 27.3 Å². The maximum Gasteiger partial charge on any atom is 0.129 e. The molecule has 0 radical (unpaired) electrons. The van der Waals surface area contributed by atoms with E-state index in [1.807, 2.05) is 37.4 Å². The van der Waals surface area contributed by atoms with E-state index in [0.29, 0.717) is 6.61 Å². The molecule has 1 heterocycles. The summed E-state index contributed by atoms with van der Waals surface area (Å²) in [4.78, 5) is 0. The van der Waals surface area contributed by atoms with E-state index >= 15 is 0 Å². The van der Waals surface area contributed by atoms with E-state index in [2.05, 4.69) is 21.2 Å². The Kier molecular flexibility index (Phi) is 5.23. The first kappa shape index (κ1) is 15.1. The lowest BCUT2D eigenvalue weighted by Gasteiger charge is -2.17. The molecule has 1 atom stereocenters. The summed E-state index contributed by atoms with van der Waals surface area (Å²) in [6, 6.07) is 9.76. The van der Waals surface area contributed by atoms with E-state index in [1.54, 1.807) is 14.2 Å². The number of methoxy groups -OCH3 is 2. The van der Waals surface area contributed by atoms with Gasteiger partial charge < -0.3 is 19.2 Å². The maximum absolute atomic E-state index is 5.81. The van der Waals surface area contributed by atoms with E-state index in [9.17, 15) is 0 Å². The molecule has 0 spiro atoms. The molecule has 0 saturated heterocycles. The highest BCUT2D eigenvalue weighted by atomic mass is 79.9. The van der Waals surface area contributed by atoms with Crippen molar-refractivity contribution in [2.24, 2.45) is 0 Å². The van der Waals surface area contributed by atoms with Crippen molar-refractivity contribution in [3.63, 3.8) is 0 Å². The summed E-state index contributed by atoms with van der Waals surface area (Å²) in [5.74, 6) is 2.45. The molecule has 2 rings (SSSR count). The predicted molar refractivity (Wildman–Crippen MR) is 81.0 cm³/mol. The molecule has 0 aliphatic carbocycles. The molecule has 1 aromatic carbocycles. The number of nitrogens with one attached hydrogen (secondary N) is 1. The first-order valence-corrected chi connectivity index (χ1v) is 7.07. The fourth-order valence-corrected chi connectivity index (χ4v) is 2.48. The molecule has 2 aromatic rings. The van der Waals surface area contributed by atoms with Crippen LogP contribution in [0.4, 0.5) is 0 Å². The Labute approximate surface area is 127 Å². The molecule has 20 heavy (non-hydrogen) atoms. The Balaban J connectivity index is 2.35. The highest BCUT2D eigenvalue weighted by Crippen LogP contribution is 2.33. The average Bonchev–Trinajstić information content (AvgIpc) is 2.90. The van der Waals surface area contributed by atoms with Crippen LogP contribution in [0.1, 0.15) is 23.1 Å². The topological polar surface area (TPSA) is 43.6 Å². The largest absolute Gasteiger partial charge is 0.496 e. The van der Waals surface area contributed by atoms with Gasteiger partial charge in [0.05, 0.1) is 13.2 Å². The summed E-state index contributed by atoms with van der Waals surface area (Å²) < 4.78 is 17.3. The molecule has 0 aliphatic heterocycles. The van der Waals surface area contributed by atoms with Gasteiger partial charge in [0.1, 0.15) is 23.9 Å². The van der Waals surface area contributed by atoms with Crippen LogP contribution < -0.4 is 10.1 Å². The Morgan fingerprint density at radius 1 is 1.25 bits per heavy atom. The van der Waals surface area contributed by atoms with Crippen LogP contribution in [0, 0.1) is 0 Å². The van der Waals surface area contributed by atoms with Gasteiger partial charge in [0.2, 0.25) is 0 Å². The van der Waals surface area contributed by atoms with E-state index in [4.69, 9.17) is 13.9 Å². The van der Waals surface area contributed by atoms with Crippen LogP contribution in [-0.4, -0.2) is 21.3 Å². The SMILES string of the molecule is CNC(c1ccc(COC)o1)c1ccc(Br)cc1OC. The van der Waals surface area contributed by atoms with E-state index < -0.39 is 0 Å². The second-order valence-corrected chi connectivity index (χ2v) is 5.26. The maximum atomic E-state index is 5.81. The van der Waals surface area contributed by atoms with Crippen LogP contribution in [0.2, 0.25) is 0 Å². The summed E-state index contributed by atoms with van der Waals surface area (Å²) in [7, 11) is 5.21. The molecular weight excluding hydrogens is 322 g/mol. The summed E-state index contributed by atoms with van der Waals surface area (Å²) in [6.45, 7) is 0.466. The minimum atomic E-state index is -0.0661. The lowest BCUT2D eigenvalue weighted by atomic mass is 10.0. The van der Waals surface area contributed by atoms with Crippen molar-refractivity contribution in [2.45, 2.75) is 12.6 Å². The quantitative estimate of drug-likeness (QED) is 0.874. The van der Waals surface area contributed by atoms with Gasteiger partial charge in [-0.3, -0.25) is 0 Å². The molecular formula is C15H18BrNO3. The minimum absolute atomic E-state index is 0.0661. The highest BCUT2D eigenvalue weighted by Gasteiger charge is 2.20. The molecule has 4 nitrogen and oxygen atoms in total. The van der Waals surface area contributed by atoms with Gasteiger partial charge in [0.25, 0.3) is 0 Å². The smallest absolute Gasteiger partial charge is 0.129 e. The summed E-state index contributed by atoms with van der Waals surface area (Å²) >= 11 is 3.45. The standard InChI is InChI=1S/C15H18BrNO3/c1-17-15(13-7-5-11(20-13)9-18-2)12-6-4-10(16)8-14(12)19-3/h4-8,15,17H,9H2,1-3H3. The zero-order valence-electron chi connectivity index (χ0n) is 11.8. The molecule has 0 bridgehead atoms. The number of hydrogen-bond acceptors (Lipinski definition) is 4. The van der Waals surface area contributed by atoms with Crippen molar-refractivity contribution in [1.29, 1.82) is 0 Å². The molecule has 5 heteroatoms. The fraction of sp³-hybridized carbons (Fsp3) is 0.333. The van der Waals surface area contributed by atoms with Crippen molar-refractivity contribution in [3.05, 3.63) is 51.9 Å². The van der Waals surface area contributed by atoms with E-state index in [1.165, 1.54) is 0 Å². The number of rotatable bonds is 6. The number of hydrogen-bond donors (Lipinski definition) is 1. The predicted octanol–water partition coefficient (Wildman–Crippen LogP) is 3.51. The van der Waals surface area contributed by atoms with Crippen LogP contribution in [0.5, 0.6) is 5.75 Å². The average molecular weight is 340 g/mol. The molecule has 0 aliphatic rings. The van der Waals surface area contributed by atoms with Gasteiger partial charge in [0.15, 0.2) is 0 Å². The number of benzene rings is 1. The van der Waals surface area contributed by atoms with Crippen LogP contribution in [0.25, 0.3) is 0 Å². The molecule has 108 valence electrons. The zero-order chi connectivity index (χ0) is 14.5. The normalized spacial score (nSPS) is 12.4. The number of furan rings is 1. The van der Waals surface area contributed by atoms with Crippen molar-refractivity contribution in [2.75, 3.05) is 21.3 Å². The Morgan fingerprint density at radius 3 is 2.70 bits per heavy atom. The van der Waals surface area contributed by atoms with Crippen molar-refractivity contribution in [3.8, 4) is 5.75 Å². The van der Waals surface area contributed by atoms with Gasteiger partial charge in [-0.1, -0.05) is 22.0 Å². The van der Waals surface area contributed by atoms with Gasteiger partial charge >= 0.3 is 0 Å². The molecule has 1 N–H and O–H groups in total. The number of ether oxygens (including phenoxy) is 2. The second-order valence-electron chi connectivity index (χ2n) is 4.35. The lowest BCUT2D eigenvalue weighted by molar-refractivity contribution is 0.162. The molecule has 1 aromatic heterocycles. The third-order valence-electron chi connectivity index (χ3n) is 3.05. The third kappa shape index (κ3) is 3.23. The lowest BCUT2D eigenvalue weighted by Crippen LogP contribution is -2.17. The molecule has 0 saturated carbocycles. The van der Waals surface area contributed by atoms with Crippen molar-refractivity contribution < 1.29 is 13.9 Å². The first-order chi connectivity index (χ1) is 9.69. The van der Waals surface area contributed by atoms with Crippen molar-refractivity contribution in [1.82, 2.24) is 5.32 Å². The van der Waals surface area contributed by atoms with Crippen molar-refractivity contribution >= 4 is 15.9 Å². The monoisotopic (exact) mass is 339 g/mol. The summed E-state index contributed by atoms with van der Waals surface area (Å²) in [6.07, 6.45) is 0. The Hall–Kier alpha value is -1.30. The fourth-order valence-electron chi connectivity index (χ4n) is 2.14. The zero-order valence-corrected chi connectivity index (χ0v) is 13.4. The van der Waals surface area contributed by atoms with Gasteiger partial charge in [0, 0.05) is 17.1 Å². The van der Waals surface area contributed by atoms with Crippen LogP contribution in [0.3, 0.4) is 0 Å². The van der Waals surface area contributed by atoms with Gasteiger partial charge in [-0.2, -0.15) is 0 Å². The van der Waals surface area contributed by atoms with Gasteiger partial charge in [-0.15, -0.1) is 0 Å². The second kappa shape index (κ2) is 6.92. The Bertz CT molecular complexity index is 568. The summed E-state index contributed by atoms with van der Waals surface area (Å²) in [5.41, 5.74) is 1.02. The number of halogens is 1. The third-order valence-corrected chi connectivity index (χ3v) is 3.54. The van der Waals surface area contributed by atoms with Crippen LogP contribution in [-0.2, 0) is 11.3 Å². The van der Waals surface area contributed by atoms with E-state index in [-0.39, 0.29) is 6.04 Å². The van der Waals surface area contributed by atoms with Crippen LogP contribution >= 0.6 is 15.9 Å². The van der Waals surface area contributed by atoms with Gasteiger partial charge in [-0.05, 0) is 31.3 Å². The first-order valence-electron chi connectivity index (χ1n) is 6.27. The van der Waals surface area contributed by atoms with Crippen LogP contribution in [0.15, 0.2) is 39.2 Å². The minimum Gasteiger partial charge on any atom is -0.496 e. The highest BCUT2D eigenvalue weighted by molar-refractivity contribution is 9.10. The molecule has 0 fully saturated rings. The molecule has 0 amide bonds. The Morgan fingerprint density at radius 2 is 2.05 bits per heavy atom.